The Morgan fingerprint density at radius 3 is 2.62 bits per heavy atom. The highest BCUT2D eigenvalue weighted by Gasteiger charge is 2.26. The molecule has 0 amide bonds. The van der Waals surface area contributed by atoms with E-state index in [9.17, 15) is 13.2 Å². The van der Waals surface area contributed by atoms with Crippen molar-refractivity contribution in [2.75, 3.05) is 4.72 Å². The number of rotatable bonds is 4. The first kappa shape index (κ1) is 15.9. The summed E-state index contributed by atoms with van der Waals surface area (Å²) >= 11 is 8.85. The Labute approximate surface area is 133 Å². The minimum atomic E-state index is -4.04. The molecular formula is C12H9BrClNO5S. The number of carboxylic acid groups (broad SMARTS) is 1. The summed E-state index contributed by atoms with van der Waals surface area (Å²) < 4.78 is 31.6. The van der Waals surface area contributed by atoms with Crippen LogP contribution in [0.5, 0.6) is 0 Å². The molecule has 0 aliphatic heterocycles. The molecule has 0 spiro atoms. The molecule has 0 radical (unpaired) electrons. The first-order valence-electron chi connectivity index (χ1n) is 5.53. The quantitative estimate of drug-likeness (QED) is 0.827. The number of anilines is 1. The van der Waals surface area contributed by atoms with E-state index in [-0.39, 0.29) is 20.3 Å². The summed E-state index contributed by atoms with van der Waals surface area (Å²) in [7, 11) is -4.04. The van der Waals surface area contributed by atoms with Gasteiger partial charge in [0.25, 0.3) is 10.0 Å². The van der Waals surface area contributed by atoms with E-state index in [1.54, 1.807) is 25.1 Å². The number of hydrogen-bond donors (Lipinski definition) is 2. The van der Waals surface area contributed by atoms with Crippen molar-refractivity contribution in [3.05, 3.63) is 45.3 Å². The number of halogens is 2. The number of aryl methyl sites for hydroxylation is 1. The number of nitrogens with one attached hydrogen (secondary N) is 1. The molecule has 0 aliphatic rings. The Hall–Kier alpha value is -1.51. The summed E-state index contributed by atoms with van der Waals surface area (Å²) in [5.74, 6) is -1.86. The summed E-state index contributed by atoms with van der Waals surface area (Å²) in [5.41, 5.74) is 0.855. The molecule has 0 bridgehead atoms. The fourth-order valence-electron chi connectivity index (χ4n) is 1.59. The van der Waals surface area contributed by atoms with Gasteiger partial charge in [-0.15, -0.1) is 0 Å². The van der Waals surface area contributed by atoms with Crippen molar-refractivity contribution < 1.29 is 22.7 Å². The largest absolute Gasteiger partial charge is 0.475 e. The molecule has 1 aromatic carbocycles. The van der Waals surface area contributed by atoms with E-state index in [1.807, 2.05) is 0 Å². The third-order valence-corrected chi connectivity index (χ3v) is 5.14. The van der Waals surface area contributed by atoms with Gasteiger partial charge < -0.3 is 9.52 Å². The van der Waals surface area contributed by atoms with Crippen LogP contribution in [0.4, 0.5) is 5.69 Å². The van der Waals surface area contributed by atoms with Crippen LogP contribution in [0.25, 0.3) is 0 Å². The number of hydrogen-bond acceptors (Lipinski definition) is 4. The number of carbonyl (C=O) groups is 1. The summed E-state index contributed by atoms with van der Waals surface area (Å²) in [6.07, 6.45) is 0. The molecule has 112 valence electrons. The van der Waals surface area contributed by atoms with Gasteiger partial charge in [-0.2, -0.15) is 0 Å². The lowest BCUT2D eigenvalue weighted by Crippen LogP contribution is -2.14. The van der Waals surface area contributed by atoms with Crippen LogP contribution in [0.1, 0.15) is 16.1 Å². The predicted molar refractivity (Wildman–Crippen MR) is 80.4 cm³/mol. The molecule has 0 saturated carbocycles. The minimum absolute atomic E-state index is 0.197. The lowest BCUT2D eigenvalue weighted by atomic mass is 10.2. The molecule has 0 unspecified atom stereocenters. The van der Waals surface area contributed by atoms with Gasteiger partial charge in [-0.25, -0.2) is 13.2 Å². The van der Waals surface area contributed by atoms with Crippen LogP contribution in [0.15, 0.2) is 38.2 Å². The standard InChI is InChI=1S/C12H9BrClNO5S/c1-6-3-2-4-7(14)10(6)15-21(18,19)9-5-8(12(16)17)20-11(9)13/h2-5,15H,1H3,(H,16,17). The Bertz CT molecular complexity index is 795. The highest BCUT2D eigenvalue weighted by molar-refractivity contribution is 9.10. The topological polar surface area (TPSA) is 96.6 Å². The molecule has 0 atom stereocenters. The van der Waals surface area contributed by atoms with E-state index in [2.05, 4.69) is 20.7 Å². The average molecular weight is 395 g/mol. The van der Waals surface area contributed by atoms with Gasteiger partial charge in [0, 0.05) is 6.07 Å². The van der Waals surface area contributed by atoms with Gasteiger partial charge in [0.05, 0.1) is 10.7 Å². The molecule has 1 heterocycles. The molecule has 0 saturated heterocycles. The predicted octanol–water partition coefficient (Wildman–Crippen LogP) is 3.50. The maximum atomic E-state index is 12.3. The fourth-order valence-corrected chi connectivity index (χ4v) is 4.01. The summed E-state index contributed by atoms with van der Waals surface area (Å²) in [6, 6.07) is 5.84. The maximum absolute atomic E-state index is 12.3. The summed E-state index contributed by atoms with van der Waals surface area (Å²) in [5, 5.41) is 9.05. The maximum Gasteiger partial charge on any atom is 0.371 e. The molecule has 0 aliphatic carbocycles. The van der Waals surface area contributed by atoms with Crippen molar-refractivity contribution in [3.8, 4) is 0 Å². The first-order chi connectivity index (χ1) is 9.72. The molecule has 1 aromatic heterocycles. The second kappa shape index (κ2) is 5.70. The van der Waals surface area contributed by atoms with Crippen molar-refractivity contribution >= 4 is 49.2 Å². The van der Waals surface area contributed by atoms with Crippen molar-refractivity contribution in [1.82, 2.24) is 0 Å². The molecular weight excluding hydrogens is 386 g/mol. The van der Waals surface area contributed by atoms with Crippen LogP contribution in [0.3, 0.4) is 0 Å². The van der Waals surface area contributed by atoms with Crippen molar-refractivity contribution in [2.45, 2.75) is 11.8 Å². The van der Waals surface area contributed by atoms with Gasteiger partial charge in [0.15, 0.2) is 4.67 Å². The number of para-hydroxylation sites is 1. The lowest BCUT2D eigenvalue weighted by Gasteiger charge is -2.11. The van der Waals surface area contributed by atoms with Gasteiger partial charge in [0.1, 0.15) is 4.90 Å². The SMILES string of the molecule is Cc1cccc(Cl)c1NS(=O)(=O)c1cc(C(=O)O)oc1Br. The van der Waals surface area contributed by atoms with E-state index in [0.717, 1.165) is 6.07 Å². The number of furan rings is 1. The Morgan fingerprint density at radius 2 is 2.10 bits per heavy atom. The lowest BCUT2D eigenvalue weighted by molar-refractivity contribution is 0.0661. The molecule has 21 heavy (non-hydrogen) atoms. The molecule has 6 nitrogen and oxygen atoms in total. The van der Waals surface area contributed by atoms with E-state index < -0.39 is 21.8 Å². The van der Waals surface area contributed by atoms with Gasteiger partial charge >= 0.3 is 5.97 Å². The highest BCUT2D eigenvalue weighted by atomic mass is 79.9. The zero-order chi connectivity index (χ0) is 15.8. The second-order valence-electron chi connectivity index (χ2n) is 4.09. The zero-order valence-corrected chi connectivity index (χ0v) is 13.7. The van der Waals surface area contributed by atoms with E-state index in [1.165, 1.54) is 0 Å². The van der Waals surface area contributed by atoms with Crippen LogP contribution in [0.2, 0.25) is 5.02 Å². The highest BCUT2D eigenvalue weighted by Crippen LogP contribution is 2.31. The average Bonchev–Trinajstić information content (AvgIpc) is 2.77. The molecule has 2 rings (SSSR count). The third-order valence-electron chi connectivity index (χ3n) is 2.61. The molecule has 0 fully saturated rings. The molecule has 2 aromatic rings. The number of benzene rings is 1. The van der Waals surface area contributed by atoms with E-state index in [4.69, 9.17) is 21.1 Å². The number of carboxylic acids is 1. The second-order valence-corrected chi connectivity index (χ2v) is 6.87. The fraction of sp³-hybridized carbons (Fsp3) is 0.0833. The van der Waals surface area contributed by atoms with Crippen LogP contribution < -0.4 is 4.72 Å². The Morgan fingerprint density at radius 1 is 1.43 bits per heavy atom. The monoisotopic (exact) mass is 393 g/mol. The van der Waals surface area contributed by atoms with Gasteiger partial charge in [-0.05, 0) is 34.5 Å². The van der Waals surface area contributed by atoms with Crippen LogP contribution in [-0.4, -0.2) is 19.5 Å². The van der Waals surface area contributed by atoms with Gasteiger partial charge in [-0.3, -0.25) is 4.72 Å². The number of sulfonamides is 1. The van der Waals surface area contributed by atoms with Crippen molar-refractivity contribution in [1.29, 1.82) is 0 Å². The van der Waals surface area contributed by atoms with Crippen LogP contribution in [-0.2, 0) is 10.0 Å². The Balaban J connectivity index is 2.46. The summed E-state index contributed by atoms with van der Waals surface area (Å²) in [4.78, 5) is 10.5. The first-order valence-corrected chi connectivity index (χ1v) is 8.18. The van der Waals surface area contributed by atoms with Crippen molar-refractivity contribution in [2.24, 2.45) is 0 Å². The molecule has 9 heteroatoms. The Kier molecular flexibility index (Phi) is 4.31. The normalized spacial score (nSPS) is 11.4. The number of aromatic carboxylic acids is 1. The van der Waals surface area contributed by atoms with Gasteiger partial charge in [-0.1, -0.05) is 23.7 Å². The van der Waals surface area contributed by atoms with Gasteiger partial charge in [0.2, 0.25) is 5.76 Å². The van der Waals surface area contributed by atoms with Crippen LogP contribution >= 0.6 is 27.5 Å². The molecule has 2 N–H and O–H groups in total. The van der Waals surface area contributed by atoms with E-state index in [0.29, 0.717) is 5.56 Å². The zero-order valence-electron chi connectivity index (χ0n) is 10.6. The van der Waals surface area contributed by atoms with Crippen molar-refractivity contribution in [3.63, 3.8) is 0 Å². The smallest absolute Gasteiger partial charge is 0.371 e. The van der Waals surface area contributed by atoms with E-state index >= 15 is 0 Å². The summed E-state index contributed by atoms with van der Waals surface area (Å²) in [6.45, 7) is 1.69. The minimum Gasteiger partial charge on any atom is -0.475 e. The van der Waals surface area contributed by atoms with Crippen LogP contribution in [0, 0.1) is 6.92 Å². The third kappa shape index (κ3) is 3.22.